The second-order valence-corrected chi connectivity index (χ2v) is 24.5. The van der Waals surface area contributed by atoms with Gasteiger partial charge in [-0.05, 0) is 108 Å². The van der Waals surface area contributed by atoms with E-state index in [-0.39, 0.29) is 49.8 Å². The lowest BCUT2D eigenvalue weighted by molar-refractivity contribution is -0.141. The van der Waals surface area contributed by atoms with Gasteiger partial charge in [0.2, 0.25) is 5.91 Å². The molecule has 70 heavy (non-hydrogen) atoms. The van der Waals surface area contributed by atoms with Crippen molar-refractivity contribution in [1.82, 2.24) is 20.1 Å². The van der Waals surface area contributed by atoms with Gasteiger partial charge in [-0.2, -0.15) is 40.2 Å². The number of aliphatic imine (C=N–C) groups is 1. The fraction of sp³-hybridized carbons (Fsp3) is 0.467. The van der Waals surface area contributed by atoms with Gasteiger partial charge in [-0.1, -0.05) is 23.6 Å². The van der Waals surface area contributed by atoms with Gasteiger partial charge in [-0.25, -0.2) is 30.6 Å². The third kappa shape index (κ3) is 10.6. The number of hydrogen-bond acceptors (Lipinski definition) is 10. The first-order valence-electron chi connectivity index (χ1n) is 21.4. The molecule has 0 unspecified atom stereocenters. The van der Waals surface area contributed by atoms with Crippen LogP contribution in [0.15, 0.2) is 58.7 Å². The first-order valence-corrected chi connectivity index (χ1v) is 24.9. The van der Waals surface area contributed by atoms with Crippen LogP contribution in [-0.4, -0.2) is 88.2 Å². The van der Waals surface area contributed by atoms with Crippen LogP contribution >= 0.6 is 11.6 Å². The van der Waals surface area contributed by atoms with Crippen LogP contribution < -0.4 is 16.4 Å². The number of allylic oxidation sites excluding steroid dienone is 2. The molecular weight excluding hydrogens is 1010 g/mol. The van der Waals surface area contributed by atoms with Crippen molar-refractivity contribution in [2.75, 3.05) is 17.7 Å². The number of nitrogens with zero attached hydrogens (tertiary/aromatic N) is 4. The highest BCUT2D eigenvalue weighted by atomic mass is 35.5. The number of sulfone groups is 2. The minimum atomic E-state index is -5.23. The number of nitrogens with two attached hydrogens (primary N) is 1. The molecule has 0 bridgehead atoms. The van der Waals surface area contributed by atoms with Crippen LogP contribution in [0.2, 0.25) is 5.02 Å². The summed E-state index contributed by atoms with van der Waals surface area (Å²) < 4.78 is 194. The second kappa shape index (κ2) is 18.0. The summed E-state index contributed by atoms with van der Waals surface area (Å²) in [5.41, 5.74) is -0.448. The normalized spacial score (nSPS) is 19.4. The highest BCUT2D eigenvalue weighted by molar-refractivity contribution is 7.94. The molecule has 1 amide bonds. The molecule has 3 fully saturated rings. The van der Waals surface area contributed by atoms with Gasteiger partial charge in [-0.15, -0.1) is 0 Å². The third-order valence-corrected chi connectivity index (χ3v) is 18.5. The monoisotopic (exact) mass is 1050 g/mol. The van der Waals surface area contributed by atoms with E-state index in [1.165, 1.54) is 45.0 Å². The zero-order chi connectivity index (χ0) is 51.8. The number of pyridine rings is 1. The number of alkyl halides is 8. The molecule has 3 aliphatic rings. The molecule has 1 atom stereocenters. The lowest BCUT2D eigenvalue weighted by atomic mass is 9.93. The number of benzene rings is 2. The largest absolute Gasteiger partial charge is 0.431 e. The zero-order valence-electron chi connectivity index (χ0n) is 37.6. The van der Waals surface area contributed by atoms with E-state index >= 15 is 8.78 Å². The van der Waals surface area contributed by atoms with Crippen LogP contribution in [-0.2, 0) is 37.4 Å². The van der Waals surface area contributed by atoms with E-state index in [4.69, 9.17) is 17.3 Å². The summed E-state index contributed by atoms with van der Waals surface area (Å²) in [6.45, 7) is 2.76. The molecule has 0 spiro atoms. The summed E-state index contributed by atoms with van der Waals surface area (Å²) in [4.78, 5) is 22.0. The van der Waals surface area contributed by atoms with E-state index in [1.807, 2.05) is 0 Å². The molecule has 2 heterocycles. The van der Waals surface area contributed by atoms with Crippen molar-refractivity contribution in [2.24, 2.45) is 10.7 Å². The number of amides is 1. The van der Waals surface area contributed by atoms with Crippen LogP contribution in [0.1, 0.15) is 89.2 Å². The topological polar surface area (TPSA) is 179 Å². The number of anilines is 1. The predicted molar refractivity (Wildman–Crippen MR) is 241 cm³/mol. The minimum absolute atomic E-state index is 0.142. The summed E-state index contributed by atoms with van der Waals surface area (Å²) in [7, 11) is -7.78. The lowest BCUT2D eigenvalue weighted by Crippen LogP contribution is -2.38. The molecule has 3 saturated carbocycles. The van der Waals surface area contributed by atoms with Crippen molar-refractivity contribution in [3.8, 4) is 23.0 Å². The van der Waals surface area contributed by atoms with Gasteiger partial charge in [-0.3, -0.25) is 14.5 Å². The number of carbonyl (C=O) groups excluding carboxylic acids is 1. The average Bonchev–Trinajstić information content (AvgIpc) is 4.13. The number of nitrogens with one attached hydrogen (secondary N) is 2. The Labute approximate surface area is 400 Å². The van der Waals surface area contributed by atoms with E-state index in [0.29, 0.717) is 36.4 Å². The summed E-state index contributed by atoms with van der Waals surface area (Å²) in [5.74, 6) is -3.11. The van der Waals surface area contributed by atoms with E-state index in [2.05, 4.69) is 37.5 Å². The van der Waals surface area contributed by atoms with Gasteiger partial charge in [0.25, 0.3) is 5.92 Å². The standard InChI is InChI=1S/C45H44ClF10N7O5S2/c1-40(2,70(67,68)42(4)15-16-42)11-9-27-5-6-28(29-7-8-31(46)34-36(29)63(22-44(51,52)53)62-39(34)59-23-69(65,66)41(3)13-14-41)35(60-27)32(19-24-17-25(47)20-26(48)18-24)61-33(64)21-58-38-30(10-12-43(38,49)50)37(57)45(54,55)56/h5-8,17-18,20,32H,10,12-16,19,21-23,57H2,1-4H3,(H,59,62)(H,61,64)/t32-/m0/s1. The number of fused-ring (bicyclic) bond motifs is 1. The number of hydrogen-bond donors (Lipinski definition) is 3. The van der Waals surface area contributed by atoms with Gasteiger partial charge >= 0.3 is 12.4 Å². The van der Waals surface area contributed by atoms with Crippen molar-refractivity contribution >= 4 is 59.6 Å². The van der Waals surface area contributed by atoms with E-state index in [0.717, 1.165) is 12.1 Å². The fourth-order valence-corrected chi connectivity index (χ4v) is 11.8. The second-order valence-electron chi connectivity index (χ2n) is 18.5. The smallest absolute Gasteiger partial charge is 0.394 e. The molecule has 0 radical (unpaired) electrons. The lowest BCUT2D eigenvalue weighted by Gasteiger charge is -2.24. The van der Waals surface area contributed by atoms with Crippen LogP contribution in [0.4, 0.5) is 49.7 Å². The maximum Gasteiger partial charge on any atom is 0.431 e. The molecule has 12 nitrogen and oxygen atoms in total. The van der Waals surface area contributed by atoms with Crippen LogP contribution in [0.3, 0.4) is 0 Å². The van der Waals surface area contributed by atoms with Crippen molar-refractivity contribution in [2.45, 2.75) is 118 Å². The Kier molecular flexibility index (Phi) is 13.5. The van der Waals surface area contributed by atoms with Crippen LogP contribution in [0, 0.1) is 23.5 Å². The van der Waals surface area contributed by atoms with E-state index in [1.54, 1.807) is 6.92 Å². The summed E-state index contributed by atoms with van der Waals surface area (Å²) in [6.07, 6.45) is -11.3. The highest BCUT2D eigenvalue weighted by Gasteiger charge is 2.56. The van der Waals surface area contributed by atoms with Crippen molar-refractivity contribution in [1.29, 1.82) is 0 Å². The number of carbonyl (C=O) groups is 1. The predicted octanol–water partition coefficient (Wildman–Crippen LogP) is 9.07. The Morgan fingerprint density at radius 1 is 0.929 bits per heavy atom. The average molecular weight is 1050 g/mol. The zero-order valence-corrected chi connectivity index (χ0v) is 40.0. The summed E-state index contributed by atoms with van der Waals surface area (Å²) in [6, 6.07) is 5.61. The molecule has 4 N–H and O–H groups in total. The van der Waals surface area contributed by atoms with Crippen molar-refractivity contribution < 1.29 is 65.5 Å². The molecule has 7 rings (SSSR count). The Hall–Kier alpha value is -5.41. The molecule has 2 aromatic heterocycles. The molecule has 378 valence electrons. The number of halogens is 11. The fourth-order valence-electron chi connectivity index (χ4n) is 8.07. The molecular formula is C45H44ClF10N7O5S2. The van der Waals surface area contributed by atoms with Gasteiger partial charge < -0.3 is 16.4 Å². The first kappa shape index (κ1) is 52.4. The first-order chi connectivity index (χ1) is 32.2. The van der Waals surface area contributed by atoms with Crippen LogP contribution in [0.25, 0.3) is 22.0 Å². The molecule has 4 aromatic rings. The maximum absolute atomic E-state index is 15.0. The summed E-state index contributed by atoms with van der Waals surface area (Å²) in [5, 5.41) is 8.77. The van der Waals surface area contributed by atoms with E-state index < -0.39 is 131 Å². The van der Waals surface area contributed by atoms with Gasteiger partial charge in [0.15, 0.2) is 25.5 Å². The van der Waals surface area contributed by atoms with Crippen molar-refractivity contribution in [3.63, 3.8) is 0 Å². The van der Waals surface area contributed by atoms with Crippen LogP contribution in [0.5, 0.6) is 0 Å². The van der Waals surface area contributed by atoms with E-state index in [9.17, 15) is 56.8 Å². The number of aromatic nitrogens is 3. The Balaban J connectivity index is 1.43. The van der Waals surface area contributed by atoms with Gasteiger partial charge in [0.05, 0.1) is 37.2 Å². The quantitative estimate of drug-likeness (QED) is 0.0821. The van der Waals surface area contributed by atoms with Gasteiger partial charge in [0.1, 0.15) is 52.5 Å². The Morgan fingerprint density at radius 3 is 2.13 bits per heavy atom. The molecule has 25 heteroatoms. The maximum atomic E-state index is 15.0. The third-order valence-electron chi connectivity index (χ3n) is 12.6. The molecule has 2 aromatic carbocycles. The number of rotatable bonds is 14. The Bertz CT molecular complexity index is 3130. The molecule has 0 saturated heterocycles. The van der Waals surface area contributed by atoms with Gasteiger partial charge in [0, 0.05) is 29.2 Å². The molecule has 3 aliphatic carbocycles. The highest BCUT2D eigenvalue weighted by Crippen LogP contribution is 2.48. The molecule has 0 aliphatic heterocycles. The minimum Gasteiger partial charge on any atom is -0.394 e. The summed E-state index contributed by atoms with van der Waals surface area (Å²) >= 11 is 6.64. The van der Waals surface area contributed by atoms with Crippen molar-refractivity contribution in [3.05, 3.63) is 87.3 Å². The SMILES string of the molecule is CC1(S(=O)(=O)CNc2nn(CC(F)(F)F)c3c(-c4ccc(C#CC(C)(C)S(=O)(=O)C5(C)CC5)nc4[C@H](Cc4cc(F)cc(F)c4)NC(=O)CN=C4C(=C(N)C(F)(F)F)CCC4(F)F)ccc(Cl)c23)CC1. The Morgan fingerprint density at radius 2 is 1.54 bits per heavy atom.